The number of epoxide rings is 1. The Morgan fingerprint density at radius 2 is 2.07 bits per heavy atom. The first-order chi connectivity index (χ1) is 13.0. The van der Waals surface area contributed by atoms with E-state index in [2.05, 4.69) is 26.8 Å². The molecule has 0 aromatic rings. The van der Waals surface area contributed by atoms with Crippen molar-refractivity contribution in [2.75, 3.05) is 6.61 Å². The molecule has 9 unspecified atom stereocenters. The second kappa shape index (κ2) is 7.84. The lowest BCUT2D eigenvalue weighted by Gasteiger charge is -2.44. The Hall–Kier alpha value is -0.910. The normalized spacial score (nSPS) is 46.1. The number of rotatable bonds is 6. The molecule has 27 heavy (non-hydrogen) atoms. The summed E-state index contributed by atoms with van der Waals surface area (Å²) >= 11 is 0. The summed E-state index contributed by atoms with van der Waals surface area (Å²) in [7, 11) is 0. The van der Waals surface area contributed by atoms with Crippen molar-refractivity contribution in [2.45, 2.75) is 89.8 Å². The number of aliphatic hydroxyl groups is 1. The minimum atomic E-state index is -0.553. The zero-order valence-corrected chi connectivity index (χ0v) is 16.8. The molecule has 0 bridgehead atoms. The summed E-state index contributed by atoms with van der Waals surface area (Å²) in [6.45, 7) is 7.55. The first kappa shape index (κ1) is 19.4. The van der Waals surface area contributed by atoms with Crippen molar-refractivity contribution in [3.05, 3.63) is 11.6 Å². The van der Waals surface area contributed by atoms with Crippen molar-refractivity contribution in [1.82, 2.24) is 0 Å². The van der Waals surface area contributed by atoms with E-state index in [-0.39, 0.29) is 24.6 Å². The molecule has 4 aliphatic rings. The molecule has 2 aliphatic carbocycles. The van der Waals surface area contributed by atoms with Crippen LogP contribution in [0.25, 0.3) is 0 Å². The zero-order valence-electron chi connectivity index (χ0n) is 16.8. The lowest BCUT2D eigenvalue weighted by molar-refractivity contribution is -0.160. The predicted octanol–water partition coefficient (Wildman–Crippen LogP) is 3.24. The van der Waals surface area contributed by atoms with Crippen molar-refractivity contribution >= 4 is 5.97 Å². The molecule has 9 atom stereocenters. The molecule has 0 amide bonds. The highest BCUT2D eigenvalue weighted by Crippen LogP contribution is 2.55. The van der Waals surface area contributed by atoms with Crippen LogP contribution < -0.4 is 0 Å². The Kier molecular flexibility index (Phi) is 5.64. The monoisotopic (exact) mass is 378 g/mol. The number of allylic oxidation sites excluding steroid dienone is 1. The summed E-state index contributed by atoms with van der Waals surface area (Å²) in [5.74, 6) is 1.65. The van der Waals surface area contributed by atoms with Gasteiger partial charge < -0.3 is 19.3 Å². The van der Waals surface area contributed by atoms with Gasteiger partial charge in [-0.05, 0) is 49.0 Å². The fourth-order valence-electron chi connectivity index (χ4n) is 5.71. The molecule has 5 nitrogen and oxygen atoms in total. The summed E-state index contributed by atoms with van der Waals surface area (Å²) in [6, 6.07) is 0. The summed E-state index contributed by atoms with van der Waals surface area (Å²) < 4.78 is 17.9. The highest BCUT2D eigenvalue weighted by molar-refractivity contribution is 5.70. The molecule has 1 N–H and O–H groups in total. The molecule has 0 aromatic heterocycles. The highest BCUT2D eigenvalue weighted by Gasteiger charge is 2.58. The second-order valence-corrected chi connectivity index (χ2v) is 9.14. The fourth-order valence-corrected chi connectivity index (χ4v) is 5.71. The Bertz CT molecular complexity index is 587. The maximum atomic E-state index is 11.7. The van der Waals surface area contributed by atoms with Gasteiger partial charge in [0, 0.05) is 18.9 Å². The molecule has 3 fully saturated rings. The zero-order chi connectivity index (χ0) is 19.1. The van der Waals surface area contributed by atoms with E-state index in [1.54, 1.807) is 0 Å². The maximum absolute atomic E-state index is 11.7. The van der Waals surface area contributed by atoms with E-state index < -0.39 is 6.10 Å². The molecule has 4 rings (SSSR count). The van der Waals surface area contributed by atoms with E-state index >= 15 is 0 Å². The number of aliphatic hydroxyl groups excluding tert-OH is 1. The number of carbonyl (C=O) groups is 1. The van der Waals surface area contributed by atoms with Gasteiger partial charge in [-0.2, -0.15) is 0 Å². The van der Waals surface area contributed by atoms with Gasteiger partial charge in [-0.15, -0.1) is 0 Å². The average Bonchev–Trinajstić information content (AvgIpc) is 3.40. The van der Waals surface area contributed by atoms with Crippen molar-refractivity contribution < 1.29 is 24.1 Å². The van der Waals surface area contributed by atoms with Gasteiger partial charge in [0.2, 0.25) is 0 Å². The fraction of sp³-hybridized carbons (Fsp3) is 0.864. The van der Waals surface area contributed by atoms with Gasteiger partial charge in [0.05, 0.1) is 24.7 Å². The van der Waals surface area contributed by atoms with Crippen LogP contribution in [-0.2, 0) is 19.0 Å². The van der Waals surface area contributed by atoms with Crippen LogP contribution in [-0.4, -0.2) is 48.2 Å². The predicted molar refractivity (Wildman–Crippen MR) is 101 cm³/mol. The lowest BCUT2D eigenvalue weighted by Crippen LogP contribution is -2.45. The van der Waals surface area contributed by atoms with Crippen LogP contribution in [0.5, 0.6) is 0 Å². The quantitative estimate of drug-likeness (QED) is 0.437. The van der Waals surface area contributed by atoms with Crippen LogP contribution in [0.3, 0.4) is 0 Å². The topological polar surface area (TPSA) is 68.3 Å². The van der Waals surface area contributed by atoms with Crippen molar-refractivity contribution in [1.29, 1.82) is 0 Å². The number of cyclic esters (lactones) is 1. The number of ether oxygens (including phenoxy) is 3. The molecule has 2 aliphatic heterocycles. The second-order valence-electron chi connectivity index (χ2n) is 9.14. The van der Waals surface area contributed by atoms with Gasteiger partial charge in [-0.3, -0.25) is 4.79 Å². The minimum Gasteiger partial charge on any atom is -0.462 e. The SMILES string of the molecule is CCCOC1CC(C)C=C2C3OC3C(C)C(CCC3CC(O)CC(=O)O3)C21. The third-order valence-electron chi connectivity index (χ3n) is 6.97. The summed E-state index contributed by atoms with van der Waals surface area (Å²) in [4.78, 5) is 11.7. The summed E-state index contributed by atoms with van der Waals surface area (Å²) in [6.07, 6.45) is 7.24. The van der Waals surface area contributed by atoms with Crippen LogP contribution in [0.2, 0.25) is 0 Å². The van der Waals surface area contributed by atoms with Crippen LogP contribution >= 0.6 is 0 Å². The van der Waals surface area contributed by atoms with Gasteiger partial charge in [0.15, 0.2) is 0 Å². The Labute approximate surface area is 162 Å². The standard InChI is InChI=1S/C22H34O5/c1-4-7-25-18-9-12(2)8-17-20(18)16(13(3)21-22(17)27-21)6-5-15-10-14(23)11-19(24)26-15/h8,12-16,18,20-23H,4-7,9-11H2,1-3H3. The van der Waals surface area contributed by atoms with Gasteiger partial charge in [-0.25, -0.2) is 0 Å². The van der Waals surface area contributed by atoms with E-state index in [0.29, 0.717) is 42.3 Å². The Balaban J connectivity index is 1.49. The van der Waals surface area contributed by atoms with Gasteiger partial charge in [0.25, 0.3) is 0 Å². The highest BCUT2D eigenvalue weighted by atomic mass is 16.6. The molecule has 1 saturated carbocycles. The lowest BCUT2D eigenvalue weighted by atomic mass is 9.62. The molecule has 5 heteroatoms. The third kappa shape index (κ3) is 3.96. The molecule has 2 heterocycles. The van der Waals surface area contributed by atoms with E-state index in [1.807, 2.05) is 0 Å². The van der Waals surface area contributed by atoms with E-state index in [9.17, 15) is 9.90 Å². The van der Waals surface area contributed by atoms with Gasteiger partial charge in [-0.1, -0.05) is 26.8 Å². The third-order valence-corrected chi connectivity index (χ3v) is 6.97. The van der Waals surface area contributed by atoms with Crippen molar-refractivity contribution in [2.24, 2.45) is 23.7 Å². The van der Waals surface area contributed by atoms with E-state index in [4.69, 9.17) is 14.2 Å². The molecule has 2 saturated heterocycles. The minimum absolute atomic E-state index is 0.133. The van der Waals surface area contributed by atoms with Crippen molar-refractivity contribution in [3.63, 3.8) is 0 Å². The number of hydrogen-bond acceptors (Lipinski definition) is 5. The molecule has 0 spiro atoms. The first-order valence-corrected chi connectivity index (χ1v) is 10.8. The number of esters is 1. The smallest absolute Gasteiger partial charge is 0.308 e. The number of carbonyl (C=O) groups excluding carboxylic acids is 1. The molecule has 0 aromatic carbocycles. The van der Waals surface area contributed by atoms with Crippen LogP contribution in [0.4, 0.5) is 0 Å². The van der Waals surface area contributed by atoms with Crippen molar-refractivity contribution in [3.8, 4) is 0 Å². The Morgan fingerprint density at radius 3 is 2.81 bits per heavy atom. The average molecular weight is 379 g/mol. The largest absolute Gasteiger partial charge is 0.462 e. The van der Waals surface area contributed by atoms with Crippen LogP contribution in [0.15, 0.2) is 11.6 Å². The first-order valence-electron chi connectivity index (χ1n) is 10.8. The summed E-state index contributed by atoms with van der Waals surface area (Å²) in [5.41, 5.74) is 1.46. The van der Waals surface area contributed by atoms with Gasteiger partial charge in [0.1, 0.15) is 12.2 Å². The molecular formula is C22H34O5. The van der Waals surface area contributed by atoms with Crippen LogP contribution in [0, 0.1) is 23.7 Å². The maximum Gasteiger partial charge on any atom is 0.308 e. The van der Waals surface area contributed by atoms with E-state index in [1.165, 1.54) is 5.57 Å². The van der Waals surface area contributed by atoms with Crippen LogP contribution in [0.1, 0.15) is 59.3 Å². The Morgan fingerprint density at radius 1 is 1.26 bits per heavy atom. The number of hydrogen-bond donors (Lipinski definition) is 1. The van der Waals surface area contributed by atoms with Gasteiger partial charge >= 0.3 is 5.97 Å². The molecular weight excluding hydrogens is 344 g/mol. The molecule has 152 valence electrons. The molecule has 0 radical (unpaired) electrons. The van der Waals surface area contributed by atoms with E-state index in [0.717, 1.165) is 32.3 Å². The number of fused-ring (bicyclic) bond motifs is 3. The summed E-state index contributed by atoms with van der Waals surface area (Å²) in [5, 5.41) is 9.89.